The molecule has 5 rings (SSSR count). The number of nitrogens with zero attached hydrogens (tertiary/aromatic N) is 5. The van der Waals surface area contributed by atoms with E-state index in [1.165, 1.54) is 12.1 Å². The molecule has 1 aromatic carbocycles. The van der Waals surface area contributed by atoms with Crippen molar-refractivity contribution in [3.05, 3.63) is 88.8 Å². The summed E-state index contributed by atoms with van der Waals surface area (Å²) >= 11 is 0. The topological polar surface area (TPSA) is 63.9 Å². The molecule has 4 aromatic rings. The standard InChI is InChI=1S/C27H28FN5O/c1-18-23-11-12-24(30-25(23)32(3)31-18)27(2)13-4-14-33(17-27)26(34)20-7-10-22(29-16-20)15-19-5-8-21(28)9-6-19/h5-12,16H,4,13-15,17H2,1-3H3/t27-/m0/s1. The molecule has 0 radical (unpaired) electrons. The summed E-state index contributed by atoms with van der Waals surface area (Å²) in [5.41, 5.74) is 5.02. The minimum atomic E-state index is -0.253. The predicted molar refractivity (Wildman–Crippen MR) is 129 cm³/mol. The van der Waals surface area contributed by atoms with E-state index < -0.39 is 0 Å². The largest absolute Gasteiger partial charge is 0.338 e. The summed E-state index contributed by atoms with van der Waals surface area (Å²) in [6, 6.07) is 14.3. The van der Waals surface area contributed by atoms with Crippen LogP contribution >= 0.6 is 0 Å². The van der Waals surface area contributed by atoms with Crippen LogP contribution < -0.4 is 0 Å². The smallest absolute Gasteiger partial charge is 0.255 e. The number of carbonyl (C=O) groups excluding carboxylic acids is 1. The molecule has 0 unspecified atom stereocenters. The van der Waals surface area contributed by atoms with E-state index in [0.29, 0.717) is 18.5 Å². The van der Waals surface area contributed by atoms with Crippen LogP contribution in [-0.2, 0) is 18.9 Å². The molecule has 1 fully saturated rings. The first kappa shape index (κ1) is 22.2. The zero-order valence-electron chi connectivity index (χ0n) is 19.8. The first-order valence-corrected chi connectivity index (χ1v) is 11.6. The number of fused-ring (bicyclic) bond motifs is 1. The Morgan fingerprint density at radius 2 is 1.91 bits per heavy atom. The van der Waals surface area contributed by atoms with Crippen molar-refractivity contribution in [2.75, 3.05) is 13.1 Å². The van der Waals surface area contributed by atoms with Gasteiger partial charge >= 0.3 is 0 Å². The van der Waals surface area contributed by atoms with E-state index in [4.69, 9.17) is 4.98 Å². The lowest BCUT2D eigenvalue weighted by atomic mass is 9.78. The number of hydrogen-bond donors (Lipinski definition) is 0. The Morgan fingerprint density at radius 1 is 1.12 bits per heavy atom. The van der Waals surface area contributed by atoms with Gasteiger partial charge in [0.1, 0.15) is 5.82 Å². The van der Waals surface area contributed by atoms with Gasteiger partial charge in [0, 0.05) is 49.2 Å². The third-order valence-corrected chi connectivity index (χ3v) is 6.84. The van der Waals surface area contributed by atoms with Crippen LogP contribution in [0.15, 0.2) is 54.7 Å². The molecule has 34 heavy (non-hydrogen) atoms. The Bertz CT molecular complexity index is 1350. The average molecular weight is 458 g/mol. The number of amides is 1. The summed E-state index contributed by atoms with van der Waals surface area (Å²) in [6.45, 7) is 5.51. The summed E-state index contributed by atoms with van der Waals surface area (Å²) < 4.78 is 15.0. The number of aromatic nitrogens is 4. The van der Waals surface area contributed by atoms with Gasteiger partial charge in [-0.25, -0.2) is 9.37 Å². The second kappa shape index (κ2) is 8.63. The Balaban J connectivity index is 1.32. The van der Waals surface area contributed by atoms with Gasteiger partial charge in [0.05, 0.1) is 17.0 Å². The molecule has 7 heteroatoms. The van der Waals surface area contributed by atoms with Gasteiger partial charge in [0.25, 0.3) is 5.91 Å². The SMILES string of the molecule is Cc1nn(C)c2nc([C@@]3(C)CCCN(C(=O)c4ccc(Cc5ccc(F)cc5)nc4)C3)ccc12. The molecule has 1 amide bonds. The van der Waals surface area contributed by atoms with Crippen molar-refractivity contribution in [2.24, 2.45) is 7.05 Å². The molecular weight excluding hydrogens is 429 g/mol. The summed E-state index contributed by atoms with van der Waals surface area (Å²) in [4.78, 5) is 24.7. The molecule has 4 heterocycles. The van der Waals surface area contributed by atoms with Crippen LogP contribution in [0.4, 0.5) is 4.39 Å². The molecule has 6 nitrogen and oxygen atoms in total. The van der Waals surface area contributed by atoms with Gasteiger partial charge in [-0.1, -0.05) is 19.1 Å². The van der Waals surface area contributed by atoms with Gasteiger partial charge in [-0.15, -0.1) is 0 Å². The lowest BCUT2D eigenvalue weighted by molar-refractivity contribution is 0.0647. The highest BCUT2D eigenvalue weighted by Gasteiger charge is 2.36. The van der Waals surface area contributed by atoms with Gasteiger partial charge in [0.15, 0.2) is 5.65 Å². The van der Waals surface area contributed by atoms with Crippen molar-refractivity contribution in [3.8, 4) is 0 Å². The van der Waals surface area contributed by atoms with Crippen molar-refractivity contribution in [2.45, 2.75) is 38.5 Å². The first-order chi connectivity index (χ1) is 16.3. The number of likely N-dealkylation sites (tertiary alicyclic amines) is 1. The monoisotopic (exact) mass is 457 g/mol. The molecule has 1 aliphatic heterocycles. The van der Waals surface area contributed by atoms with Gasteiger partial charge in [-0.05, 0) is 61.7 Å². The molecule has 0 saturated carbocycles. The van der Waals surface area contributed by atoms with Crippen molar-refractivity contribution in [1.29, 1.82) is 0 Å². The van der Waals surface area contributed by atoms with E-state index in [1.807, 2.05) is 35.7 Å². The van der Waals surface area contributed by atoms with E-state index in [-0.39, 0.29) is 17.1 Å². The summed E-state index contributed by atoms with van der Waals surface area (Å²) in [6.07, 6.45) is 4.14. The van der Waals surface area contributed by atoms with Gasteiger partial charge in [-0.3, -0.25) is 14.5 Å². The number of pyridine rings is 2. The van der Waals surface area contributed by atoms with Crippen LogP contribution in [0.25, 0.3) is 11.0 Å². The number of piperidine rings is 1. The Hall–Kier alpha value is -3.61. The number of rotatable bonds is 4. The number of benzene rings is 1. The van der Waals surface area contributed by atoms with E-state index >= 15 is 0 Å². The van der Waals surface area contributed by atoms with Crippen molar-refractivity contribution < 1.29 is 9.18 Å². The molecule has 1 saturated heterocycles. The average Bonchev–Trinajstić information content (AvgIpc) is 3.13. The molecule has 174 valence electrons. The Morgan fingerprint density at radius 3 is 2.65 bits per heavy atom. The van der Waals surface area contributed by atoms with E-state index in [2.05, 4.69) is 29.1 Å². The fourth-order valence-corrected chi connectivity index (χ4v) is 4.91. The zero-order chi connectivity index (χ0) is 23.9. The van der Waals surface area contributed by atoms with Crippen LogP contribution in [0.3, 0.4) is 0 Å². The lowest BCUT2D eigenvalue weighted by Gasteiger charge is -2.40. The maximum absolute atomic E-state index is 13.3. The zero-order valence-corrected chi connectivity index (χ0v) is 19.8. The summed E-state index contributed by atoms with van der Waals surface area (Å²) in [5.74, 6) is -0.263. The molecule has 0 N–H and O–H groups in total. The third kappa shape index (κ3) is 4.18. The Kier molecular flexibility index (Phi) is 5.63. The highest BCUT2D eigenvalue weighted by molar-refractivity contribution is 5.94. The second-order valence-corrected chi connectivity index (χ2v) is 9.51. The van der Waals surface area contributed by atoms with Crippen molar-refractivity contribution in [1.82, 2.24) is 24.6 Å². The van der Waals surface area contributed by atoms with Gasteiger partial charge < -0.3 is 4.90 Å². The molecule has 0 bridgehead atoms. The molecule has 1 atom stereocenters. The van der Waals surface area contributed by atoms with Crippen LogP contribution in [0.1, 0.15) is 52.8 Å². The molecule has 0 spiro atoms. The number of aryl methyl sites for hydroxylation is 2. The number of halogens is 1. The summed E-state index contributed by atoms with van der Waals surface area (Å²) in [5, 5.41) is 5.55. The van der Waals surface area contributed by atoms with E-state index in [9.17, 15) is 9.18 Å². The number of carbonyl (C=O) groups is 1. The normalized spacial score (nSPS) is 18.4. The van der Waals surface area contributed by atoms with Crippen LogP contribution in [-0.4, -0.2) is 43.6 Å². The molecule has 1 aliphatic rings. The van der Waals surface area contributed by atoms with Crippen LogP contribution in [0.5, 0.6) is 0 Å². The Labute approximate surface area is 198 Å². The molecular formula is C27H28FN5O. The second-order valence-electron chi connectivity index (χ2n) is 9.51. The third-order valence-electron chi connectivity index (χ3n) is 6.84. The fourth-order valence-electron chi connectivity index (χ4n) is 4.91. The first-order valence-electron chi connectivity index (χ1n) is 11.6. The van der Waals surface area contributed by atoms with E-state index in [0.717, 1.165) is 53.1 Å². The van der Waals surface area contributed by atoms with E-state index in [1.54, 1.807) is 18.3 Å². The maximum atomic E-state index is 13.3. The highest BCUT2D eigenvalue weighted by atomic mass is 19.1. The molecule has 0 aliphatic carbocycles. The van der Waals surface area contributed by atoms with Gasteiger partial charge in [-0.2, -0.15) is 5.10 Å². The predicted octanol–water partition coefficient (Wildman–Crippen LogP) is 4.60. The fraction of sp³-hybridized carbons (Fsp3) is 0.333. The van der Waals surface area contributed by atoms with Gasteiger partial charge in [0.2, 0.25) is 0 Å². The summed E-state index contributed by atoms with van der Waals surface area (Å²) in [7, 11) is 1.91. The number of hydrogen-bond acceptors (Lipinski definition) is 4. The highest BCUT2D eigenvalue weighted by Crippen LogP contribution is 2.34. The van der Waals surface area contributed by atoms with Crippen LogP contribution in [0, 0.1) is 12.7 Å². The van der Waals surface area contributed by atoms with Crippen LogP contribution in [0.2, 0.25) is 0 Å². The van der Waals surface area contributed by atoms with Crippen molar-refractivity contribution >= 4 is 16.9 Å². The van der Waals surface area contributed by atoms with Crippen molar-refractivity contribution in [3.63, 3.8) is 0 Å². The minimum absolute atomic E-state index is 0.00999. The molecule has 3 aromatic heterocycles. The minimum Gasteiger partial charge on any atom is -0.338 e. The maximum Gasteiger partial charge on any atom is 0.255 e. The quantitative estimate of drug-likeness (QED) is 0.450. The lowest BCUT2D eigenvalue weighted by Crippen LogP contribution is -2.47.